The van der Waals surface area contributed by atoms with Crippen LogP contribution < -0.4 is 14.8 Å². The predicted octanol–water partition coefficient (Wildman–Crippen LogP) is 1.81. The molecule has 2 heterocycles. The molecule has 0 radical (unpaired) electrons. The van der Waals surface area contributed by atoms with E-state index in [-0.39, 0.29) is 18.7 Å². The Morgan fingerprint density at radius 3 is 2.95 bits per heavy atom. The van der Waals surface area contributed by atoms with Gasteiger partial charge in [-0.15, -0.1) is 0 Å². The summed E-state index contributed by atoms with van der Waals surface area (Å²) >= 11 is 0. The quantitative estimate of drug-likeness (QED) is 0.899. The lowest BCUT2D eigenvalue weighted by Crippen LogP contribution is -2.34. The van der Waals surface area contributed by atoms with Crippen LogP contribution in [0.25, 0.3) is 0 Å². The van der Waals surface area contributed by atoms with Crippen LogP contribution in [0.5, 0.6) is 11.5 Å². The van der Waals surface area contributed by atoms with Crippen molar-refractivity contribution in [2.45, 2.75) is 26.3 Å². The number of nitrogens with zero attached hydrogens (tertiary/aromatic N) is 1. The number of amides is 1. The molecule has 0 saturated carbocycles. The fourth-order valence-electron chi connectivity index (χ4n) is 2.29. The molecule has 21 heavy (non-hydrogen) atoms. The van der Waals surface area contributed by atoms with Crippen molar-refractivity contribution in [2.24, 2.45) is 0 Å². The highest BCUT2D eigenvalue weighted by Gasteiger charge is 2.17. The van der Waals surface area contributed by atoms with E-state index in [1.54, 1.807) is 18.2 Å². The van der Waals surface area contributed by atoms with Gasteiger partial charge >= 0.3 is 0 Å². The maximum atomic E-state index is 12.2. The molecule has 0 unspecified atom stereocenters. The van der Waals surface area contributed by atoms with Gasteiger partial charge in [-0.3, -0.25) is 9.89 Å². The molecule has 0 saturated heterocycles. The van der Waals surface area contributed by atoms with Crippen molar-refractivity contribution in [1.29, 1.82) is 0 Å². The second kappa shape index (κ2) is 5.47. The SMILES string of the molecule is Cc1cc(C[C@@H](C)NC(=O)c2ccc3c(c2)OCO3)n[nH]1. The molecule has 0 aliphatic carbocycles. The summed E-state index contributed by atoms with van der Waals surface area (Å²) in [6.45, 7) is 4.11. The highest BCUT2D eigenvalue weighted by molar-refractivity contribution is 5.95. The lowest BCUT2D eigenvalue weighted by Gasteiger charge is -2.12. The minimum atomic E-state index is -0.131. The molecule has 1 aliphatic rings. The predicted molar refractivity (Wildman–Crippen MR) is 76.5 cm³/mol. The van der Waals surface area contributed by atoms with Crippen molar-refractivity contribution in [3.8, 4) is 11.5 Å². The molecule has 3 rings (SSSR count). The first kappa shape index (κ1) is 13.5. The Balaban J connectivity index is 1.63. The van der Waals surface area contributed by atoms with E-state index >= 15 is 0 Å². The van der Waals surface area contributed by atoms with Gasteiger partial charge in [0, 0.05) is 23.7 Å². The van der Waals surface area contributed by atoms with E-state index in [4.69, 9.17) is 9.47 Å². The maximum absolute atomic E-state index is 12.2. The van der Waals surface area contributed by atoms with Crippen LogP contribution in [0.3, 0.4) is 0 Å². The Kier molecular flexibility index (Phi) is 3.51. The number of carbonyl (C=O) groups is 1. The number of hydrogen-bond donors (Lipinski definition) is 2. The van der Waals surface area contributed by atoms with Gasteiger partial charge < -0.3 is 14.8 Å². The summed E-state index contributed by atoms with van der Waals surface area (Å²) in [6.07, 6.45) is 0.681. The molecule has 110 valence electrons. The van der Waals surface area contributed by atoms with Crippen molar-refractivity contribution < 1.29 is 14.3 Å². The first-order valence-electron chi connectivity index (χ1n) is 6.83. The van der Waals surface area contributed by atoms with E-state index in [1.165, 1.54) is 0 Å². The number of carbonyl (C=O) groups excluding carboxylic acids is 1. The summed E-state index contributed by atoms with van der Waals surface area (Å²) < 4.78 is 10.5. The molecule has 1 aromatic carbocycles. The average molecular weight is 287 g/mol. The molecule has 0 spiro atoms. The topological polar surface area (TPSA) is 76.2 Å². The van der Waals surface area contributed by atoms with E-state index in [1.807, 2.05) is 19.9 Å². The highest BCUT2D eigenvalue weighted by Crippen LogP contribution is 2.32. The summed E-state index contributed by atoms with van der Waals surface area (Å²) in [5.41, 5.74) is 2.51. The van der Waals surface area contributed by atoms with Crippen molar-refractivity contribution >= 4 is 5.91 Å². The molecular formula is C15H17N3O3. The largest absolute Gasteiger partial charge is 0.454 e. The van der Waals surface area contributed by atoms with Gasteiger partial charge in [0.05, 0.1) is 5.69 Å². The minimum absolute atomic E-state index is 0.00868. The maximum Gasteiger partial charge on any atom is 0.251 e. The smallest absolute Gasteiger partial charge is 0.251 e. The van der Waals surface area contributed by atoms with Crippen LogP contribution in [0.15, 0.2) is 24.3 Å². The monoisotopic (exact) mass is 287 g/mol. The van der Waals surface area contributed by atoms with Gasteiger partial charge in [-0.2, -0.15) is 5.10 Å². The molecule has 1 aromatic heterocycles. The third kappa shape index (κ3) is 2.99. The molecule has 6 heteroatoms. The van der Waals surface area contributed by atoms with Gasteiger partial charge in [0.15, 0.2) is 11.5 Å². The zero-order valence-electron chi connectivity index (χ0n) is 12.0. The van der Waals surface area contributed by atoms with Crippen LogP contribution in [0, 0.1) is 6.92 Å². The van der Waals surface area contributed by atoms with Crippen LogP contribution in [-0.2, 0) is 6.42 Å². The number of nitrogens with one attached hydrogen (secondary N) is 2. The van der Waals surface area contributed by atoms with E-state index < -0.39 is 0 Å². The standard InChI is InChI=1S/C15H17N3O3/c1-9(5-12-6-10(2)17-18-12)16-15(19)11-3-4-13-14(7-11)21-8-20-13/h3-4,6-7,9H,5,8H2,1-2H3,(H,16,19)(H,17,18)/t9-/m1/s1. The van der Waals surface area contributed by atoms with Gasteiger partial charge in [0.1, 0.15) is 0 Å². The Bertz CT molecular complexity index is 666. The van der Waals surface area contributed by atoms with Gasteiger partial charge in [-0.1, -0.05) is 0 Å². The van der Waals surface area contributed by atoms with Crippen molar-refractivity contribution in [3.63, 3.8) is 0 Å². The lowest BCUT2D eigenvalue weighted by atomic mass is 10.1. The van der Waals surface area contributed by atoms with Crippen LogP contribution in [0.4, 0.5) is 0 Å². The summed E-state index contributed by atoms with van der Waals surface area (Å²) in [7, 11) is 0. The Morgan fingerprint density at radius 1 is 1.38 bits per heavy atom. The normalized spacial score (nSPS) is 14.0. The zero-order valence-corrected chi connectivity index (χ0v) is 12.0. The van der Waals surface area contributed by atoms with Crippen LogP contribution in [0.2, 0.25) is 0 Å². The highest BCUT2D eigenvalue weighted by atomic mass is 16.7. The number of fused-ring (bicyclic) bond motifs is 1. The lowest BCUT2D eigenvalue weighted by molar-refractivity contribution is 0.0939. The molecule has 6 nitrogen and oxygen atoms in total. The number of H-pyrrole nitrogens is 1. The molecular weight excluding hydrogens is 270 g/mol. The molecule has 1 amide bonds. The number of rotatable bonds is 4. The summed E-state index contributed by atoms with van der Waals surface area (Å²) in [5.74, 6) is 1.15. The summed E-state index contributed by atoms with van der Waals surface area (Å²) in [4.78, 5) is 12.2. The Hall–Kier alpha value is -2.50. The van der Waals surface area contributed by atoms with Crippen molar-refractivity contribution in [3.05, 3.63) is 41.2 Å². The molecule has 0 bridgehead atoms. The van der Waals surface area contributed by atoms with Crippen molar-refractivity contribution in [2.75, 3.05) is 6.79 Å². The van der Waals surface area contributed by atoms with Crippen LogP contribution in [-0.4, -0.2) is 28.9 Å². The van der Waals surface area contributed by atoms with Gasteiger partial charge in [-0.25, -0.2) is 0 Å². The third-order valence-corrected chi connectivity index (χ3v) is 3.29. The fraction of sp³-hybridized carbons (Fsp3) is 0.333. The molecule has 2 aromatic rings. The number of ether oxygens (including phenoxy) is 2. The number of aromatic nitrogens is 2. The van der Waals surface area contributed by atoms with Crippen LogP contribution >= 0.6 is 0 Å². The van der Waals surface area contributed by atoms with Gasteiger partial charge in [-0.05, 0) is 38.1 Å². The Morgan fingerprint density at radius 2 is 2.19 bits per heavy atom. The molecule has 1 aliphatic heterocycles. The number of hydrogen-bond acceptors (Lipinski definition) is 4. The average Bonchev–Trinajstić information content (AvgIpc) is 3.06. The zero-order chi connectivity index (χ0) is 14.8. The number of aromatic amines is 1. The second-order valence-corrected chi connectivity index (χ2v) is 5.19. The minimum Gasteiger partial charge on any atom is -0.454 e. The number of aryl methyl sites for hydroxylation is 1. The van der Waals surface area contributed by atoms with E-state index in [0.717, 1.165) is 11.4 Å². The number of benzene rings is 1. The molecule has 2 N–H and O–H groups in total. The Labute approximate surface area is 122 Å². The van der Waals surface area contributed by atoms with Gasteiger partial charge in [0.2, 0.25) is 6.79 Å². The summed E-state index contributed by atoms with van der Waals surface area (Å²) in [5, 5.41) is 10.0. The fourth-order valence-corrected chi connectivity index (χ4v) is 2.29. The second-order valence-electron chi connectivity index (χ2n) is 5.19. The first-order chi connectivity index (χ1) is 10.1. The molecule has 1 atom stereocenters. The summed E-state index contributed by atoms with van der Waals surface area (Å²) in [6, 6.07) is 7.14. The third-order valence-electron chi connectivity index (χ3n) is 3.29. The van der Waals surface area contributed by atoms with Gasteiger partial charge in [0.25, 0.3) is 5.91 Å². The van der Waals surface area contributed by atoms with E-state index in [0.29, 0.717) is 23.5 Å². The van der Waals surface area contributed by atoms with Crippen molar-refractivity contribution in [1.82, 2.24) is 15.5 Å². The van der Waals surface area contributed by atoms with E-state index in [9.17, 15) is 4.79 Å². The van der Waals surface area contributed by atoms with E-state index in [2.05, 4.69) is 15.5 Å². The first-order valence-corrected chi connectivity index (χ1v) is 6.83. The molecule has 0 fully saturated rings. The van der Waals surface area contributed by atoms with Crippen LogP contribution in [0.1, 0.15) is 28.7 Å².